The molecule has 1 aliphatic rings. The monoisotopic (exact) mass is 239 g/mol. The molecule has 1 aromatic rings. The number of hydrazine groups is 1. The molecule has 0 amide bonds. The van der Waals surface area contributed by atoms with Gasteiger partial charge in [0.2, 0.25) is 0 Å². The summed E-state index contributed by atoms with van der Waals surface area (Å²) in [5.41, 5.74) is 9.10. The van der Waals surface area contributed by atoms with Crippen LogP contribution in [0.2, 0.25) is 0 Å². The molecule has 0 unspecified atom stereocenters. The van der Waals surface area contributed by atoms with E-state index in [0.29, 0.717) is 11.5 Å². The Morgan fingerprint density at radius 2 is 2.12 bits per heavy atom. The topological polar surface area (TPSA) is 76.3 Å². The SMILES string of the molecule is NC(=S)c1cnc(NN2CCOCC2)cn1. The van der Waals surface area contributed by atoms with Crippen LogP contribution < -0.4 is 11.2 Å². The summed E-state index contributed by atoms with van der Waals surface area (Å²) in [5.74, 6) is 0.682. The van der Waals surface area contributed by atoms with Gasteiger partial charge in [-0.3, -0.25) is 0 Å². The second-order valence-electron chi connectivity index (χ2n) is 3.36. The Balaban J connectivity index is 1.96. The number of rotatable bonds is 3. The maximum Gasteiger partial charge on any atom is 0.158 e. The average Bonchev–Trinajstić information content (AvgIpc) is 2.31. The molecule has 16 heavy (non-hydrogen) atoms. The highest BCUT2D eigenvalue weighted by atomic mass is 32.1. The number of nitrogens with zero attached hydrogens (tertiary/aromatic N) is 3. The third-order valence-electron chi connectivity index (χ3n) is 2.19. The number of aromatic nitrogens is 2. The first-order chi connectivity index (χ1) is 7.75. The van der Waals surface area contributed by atoms with Crippen molar-refractivity contribution in [2.45, 2.75) is 0 Å². The number of morpholine rings is 1. The molecule has 0 aliphatic carbocycles. The van der Waals surface area contributed by atoms with Crippen LogP contribution >= 0.6 is 12.2 Å². The first-order valence-electron chi connectivity index (χ1n) is 4.97. The minimum absolute atomic E-state index is 0.255. The van der Waals surface area contributed by atoms with E-state index in [-0.39, 0.29) is 4.99 Å². The van der Waals surface area contributed by atoms with Crippen LogP contribution in [0.4, 0.5) is 5.82 Å². The van der Waals surface area contributed by atoms with Crippen LogP contribution in [0.5, 0.6) is 0 Å². The molecule has 6 nitrogen and oxygen atoms in total. The molecule has 2 rings (SSSR count). The Kier molecular flexibility index (Phi) is 3.60. The van der Waals surface area contributed by atoms with Crippen molar-refractivity contribution < 1.29 is 4.74 Å². The molecule has 0 radical (unpaired) electrons. The van der Waals surface area contributed by atoms with Crippen molar-refractivity contribution in [1.82, 2.24) is 15.0 Å². The van der Waals surface area contributed by atoms with Crippen LogP contribution in [-0.2, 0) is 4.74 Å². The van der Waals surface area contributed by atoms with Crippen molar-refractivity contribution >= 4 is 23.0 Å². The summed E-state index contributed by atoms with van der Waals surface area (Å²) in [5, 5.41) is 2.04. The van der Waals surface area contributed by atoms with Gasteiger partial charge >= 0.3 is 0 Å². The molecule has 0 atom stereocenters. The standard InChI is InChI=1S/C9H13N5OS/c10-9(16)7-5-12-8(6-11-7)13-14-1-3-15-4-2-14/h5-6H,1-4H2,(H2,10,16)(H,12,13). The highest BCUT2D eigenvalue weighted by Gasteiger charge is 2.10. The van der Waals surface area contributed by atoms with E-state index >= 15 is 0 Å². The fraction of sp³-hybridized carbons (Fsp3) is 0.444. The second kappa shape index (κ2) is 5.15. The Labute approximate surface area is 98.8 Å². The molecular formula is C9H13N5OS. The van der Waals surface area contributed by atoms with Crippen molar-refractivity contribution in [1.29, 1.82) is 0 Å². The van der Waals surface area contributed by atoms with E-state index in [4.69, 9.17) is 22.7 Å². The van der Waals surface area contributed by atoms with Crippen molar-refractivity contribution in [3.05, 3.63) is 18.1 Å². The second-order valence-corrected chi connectivity index (χ2v) is 3.80. The zero-order chi connectivity index (χ0) is 11.4. The normalized spacial score (nSPS) is 17.0. The Bertz CT molecular complexity index is 363. The van der Waals surface area contributed by atoms with E-state index in [9.17, 15) is 0 Å². The van der Waals surface area contributed by atoms with Gasteiger partial charge in [-0.1, -0.05) is 12.2 Å². The van der Waals surface area contributed by atoms with Crippen molar-refractivity contribution in [3.63, 3.8) is 0 Å². The summed E-state index contributed by atoms with van der Waals surface area (Å²) >= 11 is 4.79. The molecular weight excluding hydrogens is 226 g/mol. The first kappa shape index (κ1) is 11.2. The molecule has 0 bridgehead atoms. The highest BCUT2D eigenvalue weighted by molar-refractivity contribution is 7.80. The minimum Gasteiger partial charge on any atom is -0.388 e. The number of hydrogen-bond donors (Lipinski definition) is 2. The number of hydrogen-bond acceptors (Lipinski definition) is 6. The predicted octanol–water partition coefficient (Wildman–Crippen LogP) is -0.230. The van der Waals surface area contributed by atoms with Crippen LogP contribution in [0.3, 0.4) is 0 Å². The third-order valence-corrected chi connectivity index (χ3v) is 2.40. The van der Waals surface area contributed by atoms with Crippen LogP contribution in [-0.4, -0.2) is 46.3 Å². The van der Waals surface area contributed by atoms with Gasteiger partial charge in [-0.2, -0.15) is 0 Å². The molecule has 0 saturated carbocycles. The van der Waals surface area contributed by atoms with Gasteiger partial charge in [0.25, 0.3) is 0 Å². The molecule has 1 aromatic heterocycles. The number of nitrogens with two attached hydrogens (primary N) is 1. The smallest absolute Gasteiger partial charge is 0.158 e. The Hall–Kier alpha value is -1.31. The molecule has 86 valence electrons. The predicted molar refractivity (Wildman–Crippen MR) is 63.9 cm³/mol. The fourth-order valence-electron chi connectivity index (χ4n) is 1.35. The van der Waals surface area contributed by atoms with Crippen LogP contribution in [0.25, 0.3) is 0 Å². The molecule has 1 fully saturated rings. The lowest BCUT2D eigenvalue weighted by molar-refractivity contribution is 0.0494. The van der Waals surface area contributed by atoms with Gasteiger partial charge < -0.3 is 15.9 Å². The van der Waals surface area contributed by atoms with E-state index in [1.807, 2.05) is 5.01 Å². The number of thiocarbonyl (C=S) groups is 1. The molecule has 2 heterocycles. The zero-order valence-corrected chi connectivity index (χ0v) is 9.54. The number of ether oxygens (including phenoxy) is 1. The highest BCUT2D eigenvalue weighted by Crippen LogP contribution is 2.04. The number of anilines is 1. The zero-order valence-electron chi connectivity index (χ0n) is 8.72. The quantitative estimate of drug-likeness (QED) is 0.705. The summed E-state index contributed by atoms with van der Waals surface area (Å²) in [4.78, 5) is 8.52. The largest absolute Gasteiger partial charge is 0.388 e. The van der Waals surface area contributed by atoms with Gasteiger partial charge in [0, 0.05) is 13.1 Å². The van der Waals surface area contributed by atoms with Crippen LogP contribution in [0, 0.1) is 0 Å². The van der Waals surface area contributed by atoms with Gasteiger partial charge in [0.05, 0.1) is 25.6 Å². The number of nitrogens with one attached hydrogen (secondary N) is 1. The first-order valence-corrected chi connectivity index (χ1v) is 5.38. The summed E-state index contributed by atoms with van der Waals surface area (Å²) in [6.07, 6.45) is 3.18. The third kappa shape index (κ3) is 2.84. The van der Waals surface area contributed by atoms with Gasteiger partial charge in [0.15, 0.2) is 5.82 Å². The summed E-state index contributed by atoms with van der Waals surface area (Å²) in [7, 11) is 0. The van der Waals surface area contributed by atoms with E-state index in [1.54, 1.807) is 12.4 Å². The molecule has 0 aromatic carbocycles. The van der Waals surface area contributed by atoms with Gasteiger partial charge in [0.1, 0.15) is 10.7 Å². The summed E-state index contributed by atoms with van der Waals surface area (Å²) in [6, 6.07) is 0. The van der Waals surface area contributed by atoms with E-state index in [0.717, 1.165) is 26.3 Å². The minimum atomic E-state index is 0.255. The van der Waals surface area contributed by atoms with Crippen molar-refractivity contribution in [3.8, 4) is 0 Å². The lowest BCUT2D eigenvalue weighted by atomic mass is 10.4. The summed E-state index contributed by atoms with van der Waals surface area (Å²) < 4.78 is 5.24. The van der Waals surface area contributed by atoms with Gasteiger partial charge in [-0.15, -0.1) is 0 Å². The van der Waals surface area contributed by atoms with Crippen LogP contribution in [0.15, 0.2) is 12.4 Å². The molecule has 3 N–H and O–H groups in total. The fourth-order valence-corrected chi connectivity index (χ4v) is 1.46. The summed E-state index contributed by atoms with van der Waals surface area (Å²) in [6.45, 7) is 3.12. The van der Waals surface area contributed by atoms with E-state index in [1.165, 1.54) is 0 Å². The average molecular weight is 239 g/mol. The van der Waals surface area contributed by atoms with Crippen molar-refractivity contribution in [2.75, 3.05) is 31.7 Å². The molecule has 7 heteroatoms. The molecule has 0 spiro atoms. The lowest BCUT2D eigenvalue weighted by Crippen LogP contribution is -2.40. The van der Waals surface area contributed by atoms with Gasteiger partial charge in [-0.05, 0) is 0 Å². The molecule has 1 saturated heterocycles. The Morgan fingerprint density at radius 1 is 1.38 bits per heavy atom. The van der Waals surface area contributed by atoms with Crippen LogP contribution in [0.1, 0.15) is 5.69 Å². The van der Waals surface area contributed by atoms with E-state index in [2.05, 4.69) is 15.4 Å². The molecule has 1 aliphatic heterocycles. The van der Waals surface area contributed by atoms with Crippen molar-refractivity contribution in [2.24, 2.45) is 5.73 Å². The lowest BCUT2D eigenvalue weighted by Gasteiger charge is -2.27. The maximum absolute atomic E-state index is 5.43. The Morgan fingerprint density at radius 3 is 2.69 bits per heavy atom. The van der Waals surface area contributed by atoms with Gasteiger partial charge in [-0.25, -0.2) is 15.0 Å². The van der Waals surface area contributed by atoms with E-state index < -0.39 is 0 Å². The maximum atomic E-state index is 5.43.